The van der Waals surface area contributed by atoms with Gasteiger partial charge >= 0.3 is 5.97 Å². The van der Waals surface area contributed by atoms with Gasteiger partial charge in [-0.25, -0.2) is 9.59 Å². The van der Waals surface area contributed by atoms with Crippen LogP contribution in [-0.2, 0) is 14.3 Å². The van der Waals surface area contributed by atoms with Gasteiger partial charge in [0.25, 0.3) is 0 Å². The average molecular weight is 201 g/mol. The first-order valence-corrected chi connectivity index (χ1v) is 4.08. The van der Waals surface area contributed by atoms with E-state index >= 15 is 0 Å². The van der Waals surface area contributed by atoms with E-state index in [1.54, 1.807) is 20.8 Å². The Balaban J connectivity index is 4.96. The van der Waals surface area contributed by atoms with E-state index in [0.717, 1.165) is 0 Å². The van der Waals surface area contributed by atoms with Crippen molar-refractivity contribution in [2.75, 3.05) is 0 Å². The topological polar surface area (TPSA) is 89.6 Å². The Morgan fingerprint density at radius 1 is 1.36 bits per heavy atom. The fourth-order valence-corrected chi connectivity index (χ4v) is 0.636. The monoisotopic (exact) mass is 201 g/mol. The first-order chi connectivity index (χ1) is 6.11. The highest BCUT2D eigenvalue weighted by atomic mass is 16.5. The Morgan fingerprint density at radius 2 is 1.79 bits per heavy atom. The lowest BCUT2D eigenvalue weighted by Gasteiger charge is -2.27. The molecule has 5 nitrogen and oxygen atoms in total. The standard InChI is InChI=1S/C9H15NO4/c1-8(2,3)14-6(5-11)9(4,10)7(12)13/h10H2,1-4H3,(H,12,13). The predicted octanol–water partition coefficient (Wildman–Crippen LogP) is 0.319. The normalized spacial score (nSPS) is 15.2. The molecule has 0 saturated heterocycles. The number of hydrogen-bond donors (Lipinski definition) is 2. The molecular formula is C9H15NO4. The van der Waals surface area contributed by atoms with Gasteiger partial charge in [-0.15, -0.1) is 0 Å². The van der Waals surface area contributed by atoms with Gasteiger partial charge in [-0.05, 0) is 27.7 Å². The number of carboxylic acid groups (broad SMARTS) is 1. The second-order valence-corrected chi connectivity index (χ2v) is 4.15. The molecule has 0 fully saturated rings. The first kappa shape index (κ1) is 12.7. The van der Waals surface area contributed by atoms with Crippen LogP contribution in [0, 0.1) is 0 Å². The maximum atomic E-state index is 10.7. The van der Waals surface area contributed by atoms with Gasteiger partial charge in [0.2, 0.25) is 5.76 Å². The minimum absolute atomic E-state index is 0.405. The van der Waals surface area contributed by atoms with Crippen molar-refractivity contribution >= 4 is 11.9 Å². The van der Waals surface area contributed by atoms with E-state index in [4.69, 9.17) is 15.6 Å². The fraction of sp³-hybridized carbons (Fsp3) is 0.667. The number of aliphatic carboxylic acids is 1. The second-order valence-electron chi connectivity index (χ2n) is 4.15. The van der Waals surface area contributed by atoms with Crippen LogP contribution < -0.4 is 5.73 Å². The summed E-state index contributed by atoms with van der Waals surface area (Å²) in [6, 6.07) is 0. The number of carboxylic acids is 1. The zero-order valence-electron chi connectivity index (χ0n) is 8.75. The summed E-state index contributed by atoms with van der Waals surface area (Å²) >= 11 is 0. The van der Waals surface area contributed by atoms with Gasteiger partial charge in [0.05, 0.1) is 0 Å². The van der Waals surface area contributed by atoms with Gasteiger partial charge in [0.1, 0.15) is 5.60 Å². The highest BCUT2D eigenvalue weighted by Crippen LogP contribution is 2.19. The van der Waals surface area contributed by atoms with Crippen LogP contribution in [0.1, 0.15) is 27.7 Å². The van der Waals surface area contributed by atoms with Crippen LogP contribution in [0.2, 0.25) is 0 Å². The minimum Gasteiger partial charge on any atom is -0.480 e. The summed E-state index contributed by atoms with van der Waals surface area (Å²) in [7, 11) is 0. The van der Waals surface area contributed by atoms with Crippen LogP contribution in [0.3, 0.4) is 0 Å². The van der Waals surface area contributed by atoms with Crippen LogP contribution in [0.15, 0.2) is 5.76 Å². The smallest absolute Gasteiger partial charge is 0.332 e. The van der Waals surface area contributed by atoms with E-state index < -0.39 is 22.9 Å². The van der Waals surface area contributed by atoms with Crippen molar-refractivity contribution in [3.05, 3.63) is 5.76 Å². The van der Waals surface area contributed by atoms with E-state index in [-0.39, 0.29) is 0 Å². The maximum Gasteiger partial charge on any atom is 0.332 e. The van der Waals surface area contributed by atoms with Gasteiger partial charge in [0.15, 0.2) is 11.5 Å². The summed E-state index contributed by atoms with van der Waals surface area (Å²) in [6.07, 6.45) is 0. The molecule has 0 aromatic carbocycles. The number of rotatable bonds is 3. The minimum atomic E-state index is -1.84. The van der Waals surface area contributed by atoms with Crippen molar-refractivity contribution in [3.63, 3.8) is 0 Å². The molecule has 0 radical (unpaired) electrons. The summed E-state index contributed by atoms with van der Waals surface area (Å²) < 4.78 is 5.10. The number of nitrogens with two attached hydrogens (primary N) is 1. The van der Waals surface area contributed by atoms with Gasteiger partial charge < -0.3 is 15.6 Å². The third kappa shape index (κ3) is 3.20. The Kier molecular flexibility index (Phi) is 3.46. The zero-order chi connectivity index (χ0) is 11.6. The molecule has 0 heterocycles. The number of carbonyl (C=O) groups is 1. The van der Waals surface area contributed by atoms with E-state index in [2.05, 4.69) is 0 Å². The van der Waals surface area contributed by atoms with E-state index in [1.165, 1.54) is 12.9 Å². The van der Waals surface area contributed by atoms with Crippen LogP contribution in [-0.4, -0.2) is 28.2 Å². The molecule has 80 valence electrons. The summed E-state index contributed by atoms with van der Waals surface area (Å²) in [5.74, 6) is -0.320. The molecule has 0 amide bonds. The molecule has 5 heteroatoms. The molecule has 0 aromatic heterocycles. The summed E-state index contributed by atoms with van der Waals surface area (Å²) in [5, 5.41) is 8.73. The zero-order valence-corrected chi connectivity index (χ0v) is 8.75. The molecule has 0 aromatic rings. The van der Waals surface area contributed by atoms with E-state index in [9.17, 15) is 9.59 Å². The average Bonchev–Trinajstić information content (AvgIpc) is 1.97. The summed E-state index contributed by atoms with van der Waals surface area (Å²) in [5.41, 5.74) is 2.88. The molecule has 1 atom stereocenters. The van der Waals surface area contributed by atoms with Crippen LogP contribution >= 0.6 is 0 Å². The van der Waals surface area contributed by atoms with Crippen molar-refractivity contribution in [2.24, 2.45) is 5.73 Å². The SMILES string of the molecule is CC(C)(C)OC(=C=O)C(C)(N)C(=O)O. The van der Waals surface area contributed by atoms with Crippen LogP contribution in [0.5, 0.6) is 0 Å². The lowest BCUT2D eigenvalue weighted by atomic mass is 10.0. The molecule has 0 aliphatic heterocycles. The Bertz CT molecular complexity index is 282. The molecule has 0 rings (SSSR count). The number of ether oxygens (including phenoxy) is 1. The molecule has 0 aliphatic carbocycles. The summed E-state index contributed by atoms with van der Waals surface area (Å²) in [6.45, 7) is 6.23. The lowest BCUT2D eigenvalue weighted by Crippen LogP contribution is -2.49. The molecule has 3 N–H and O–H groups in total. The van der Waals surface area contributed by atoms with Crippen molar-refractivity contribution in [2.45, 2.75) is 38.8 Å². The van der Waals surface area contributed by atoms with Crippen molar-refractivity contribution in [1.82, 2.24) is 0 Å². The predicted molar refractivity (Wildman–Crippen MR) is 50.3 cm³/mol. The quantitative estimate of drug-likeness (QED) is 0.507. The molecule has 0 aliphatic rings. The van der Waals surface area contributed by atoms with Crippen molar-refractivity contribution in [3.8, 4) is 0 Å². The summed E-state index contributed by atoms with van der Waals surface area (Å²) in [4.78, 5) is 21.2. The van der Waals surface area contributed by atoms with Crippen molar-refractivity contribution in [1.29, 1.82) is 0 Å². The van der Waals surface area contributed by atoms with Gasteiger partial charge in [-0.3, -0.25) is 0 Å². The van der Waals surface area contributed by atoms with Gasteiger partial charge in [-0.1, -0.05) is 0 Å². The van der Waals surface area contributed by atoms with E-state index in [1.807, 2.05) is 0 Å². The fourth-order valence-electron chi connectivity index (χ4n) is 0.636. The largest absolute Gasteiger partial charge is 0.480 e. The number of carbonyl (C=O) groups excluding carboxylic acids is 1. The Hall–Kier alpha value is -1.32. The van der Waals surface area contributed by atoms with Crippen LogP contribution in [0.25, 0.3) is 0 Å². The first-order valence-electron chi connectivity index (χ1n) is 4.08. The van der Waals surface area contributed by atoms with Crippen LogP contribution in [0.4, 0.5) is 0 Å². The van der Waals surface area contributed by atoms with Crippen molar-refractivity contribution < 1.29 is 19.4 Å². The highest BCUT2D eigenvalue weighted by Gasteiger charge is 2.38. The van der Waals surface area contributed by atoms with Gasteiger partial charge in [-0.2, -0.15) is 0 Å². The molecule has 0 saturated carbocycles. The lowest BCUT2D eigenvalue weighted by molar-refractivity contribution is -0.143. The van der Waals surface area contributed by atoms with E-state index in [0.29, 0.717) is 0 Å². The maximum absolute atomic E-state index is 10.7. The molecule has 0 bridgehead atoms. The Morgan fingerprint density at radius 3 is 2.00 bits per heavy atom. The molecule has 14 heavy (non-hydrogen) atoms. The molecular weight excluding hydrogens is 186 g/mol. The Labute approximate surface area is 82.5 Å². The number of hydrogen-bond acceptors (Lipinski definition) is 4. The third-order valence-corrected chi connectivity index (χ3v) is 1.42. The highest BCUT2D eigenvalue weighted by molar-refractivity contribution is 5.84. The molecule has 1 unspecified atom stereocenters. The second kappa shape index (κ2) is 3.82. The molecule has 0 spiro atoms. The van der Waals surface area contributed by atoms with Gasteiger partial charge in [0, 0.05) is 0 Å². The third-order valence-electron chi connectivity index (χ3n) is 1.42.